The number of thioether (sulfide) groups is 1. The van der Waals surface area contributed by atoms with Gasteiger partial charge < -0.3 is 14.8 Å². The number of fused-ring (bicyclic) bond motifs is 2. The van der Waals surface area contributed by atoms with Crippen LogP contribution >= 0.6 is 23.4 Å². The Morgan fingerprint density at radius 2 is 1.97 bits per heavy atom. The molecule has 29 heavy (non-hydrogen) atoms. The summed E-state index contributed by atoms with van der Waals surface area (Å²) in [7, 11) is 1.64. The molecule has 1 N–H and O–H groups in total. The van der Waals surface area contributed by atoms with Crippen LogP contribution in [0.25, 0.3) is 10.9 Å². The first-order valence-corrected chi connectivity index (χ1v) is 10.4. The molecule has 0 atom stereocenters. The van der Waals surface area contributed by atoms with Gasteiger partial charge in [-0.3, -0.25) is 14.2 Å². The molecular weight excluding hydrogens is 414 g/mol. The maximum absolute atomic E-state index is 12.5. The van der Waals surface area contributed by atoms with Crippen molar-refractivity contribution in [2.45, 2.75) is 11.6 Å². The first-order valence-electron chi connectivity index (χ1n) is 9.00. The molecule has 0 unspecified atom stereocenters. The van der Waals surface area contributed by atoms with E-state index >= 15 is 0 Å². The van der Waals surface area contributed by atoms with Crippen LogP contribution in [0.1, 0.15) is 6.42 Å². The Balaban J connectivity index is 1.49. The molecule has 4 rings (SSSR count). The lowest BCUT2D eigenvalue weighted by Crippen LogP contribution is -2.21. The van der Waals surface area contributed by atoms with E-state index in [1.54, 1.807) is 37.4 Å². The van der Waals surface area contributed by atoms with Gasteiger partial charge in [-0.1, -0.05) is 35.5 Å². The van der Waals surface area contributed by atoms with Crippen LogP contribution in [-0.4, -0.2) is 34.4 Å². The van der Waals surface area contributed by atoms with E-state index in [1.165, 1.54) is 16.3 Å². The van der Waals surface area contributed by atoms with E-state index in [0.717, 1.165) is 6.42 Å². The van der Waals surface area contributed by atoms with Crippen molar-refractivity contribution in [2.75, 3.05) is 24.3 Å². The second kappa shape index (κ2) is 8.34. The summed E-state index contributed by atoms with van der Waals surface area (Å²) in [5.41, 5.74) is 0.899. The number of nitrogens with one attached hydrogen (secondary N) is 1. The standard InChI is InChI=1S/C20H18ClN3O4S/c1-24-19(26)12-5-2-3-6-14(12)23-20(24)29-11-18(25)22-15-10-17-16(9-13(15)21)27-7-4-8-28-17/h2-3,5-6,9-10H,4,7-8,11H2,1H3,(H,22,25). The highest BCUT2D eigenvalue weighted by Gasteiger charge is 2.16. The maximum atomic E-state index is 12.5. The number of ether oxygens (including phenoxy) is 2. The minimum atomic E-state index is -0.270. The summed E-state index contributed by atoms with van der Waals surface area (Å²) in [5, 5.41) is 4.16. The third kappa shape index (κ3) is 4.18. The van der Waals surface area contributed by atoms with Gasteiger partial charge in [-0.05, 0) is 12.1 Å². The van der Waals surface area contributed by atoms with Gasteiger partial charge in [0.15, 0.2) is 16.7 Å². The Morgan fingerprint density at radius 3 is 2.76 bits per heavy atom. The molecule has 0 fully saturated rings. The molecule has 1 aliphatic rings. The van der Waals surface area contributed by atoms with Gasteiger partial charge in [0.1, 0.15) is 0 Å². The van der Waals surface area contributed by atoms with E-state index in [1.807, 2.05) is 6.07 Å². The normalized spacial score (nSPS) is 13.2. The van der Waals surface area contributed by atoms with Gasteiger partial charge in [-0.25, -0.2) is 4.98 Å². The SMILES string of the molecule is Cn1c(SCC(=O)Nc2cc3c(cc2Cl)OCCCO3)nc2ccccc2c1=O. The molecule has 2 aromatic carbocycles. The van der Waals surface area contributed by atoms with Crippen LogP contribution in [0.5, 0.6) is 11.5 Å². The molecule has 0 bridgehead atoms. The molecular formula is C20H18ClN3O4S. The number of benzene rings is 2. The van der Waals surface area contributed by atoms with E-state index in [0.29, 0.717) is 51.5 Å². The summed E-state index contributed by atoms with van der Waals surface area (Å²) in [6, 6.07) is 10.4. The molecule has 9 heteroatoms. The molecule has 0 saturated heterocycles. The highest BCUT2D eigenvalue weighted by molar-refractivity contribution is 7.99. The first-order chi connectivity index (χ1) is 14.0. The van der Waals surface area contributed by atoms with Crippen LogP contribution in [0.15, 0.2) is 46.3 Å². The second-order valence-electron chi connectivity index (χ2n) is 6.44. The Hall–Kier alpha value is -2.71. The number of aromatic nitrogens is 2. The number of para-hydroxylation sites is 1. The van der Waals surface area contributed by atoms with Gasteiger partial charge in [-0.2, -0.15) is 0 Å². The number of nitrogens with zero attached hydrogens (tertiary/aromatic N) is 2. The maximum Gasteiger partial charge on any atom is 0.261 e. The van der Waals surface area contributed by atoms with E-state index in [2.05, 4.69) is 10.3 Å². The van der Waals surface area contributed by atoms with E-state index in [4.69, 9.17) is 21.1 Å². The number of anilines is 1. The van der Waals surface area contributed by atoms with Gasteiger partial charge in [-0.15, -0.1) is 0 Å². The molecule has 1 aromatic heterocycles. The average molecular weight is 432 g/mol. The third-order valence-electron chi connectivity index (χ3n) is 4.39. The topological polar surface area (TPSA) is 82.5 Å². The van der Waals surface area contributed by atoms with Crippen LogP contribution in [0, 0.1) is 0 Å². The summed E-state index contributed by atoms with van der Waals surface area (Å²) >= 11 is 7.45. The van der Waals surface area contributed by atoms with Gasteiger partial charge in [0.25, 0.3) is 5.56 Å². The van der Waals surface area contributed by atoms with Gasteiger partial charge >= 0.3 is 0 Å². The van der Waals surface area contributed by atoms with Gasteiger partial charge in [0.05, 0.1) is 40.6 Å². The van der Waals surface area contributed by atoms with Gasteiger partial charge in [0.2, 0.25) is 5.91 Å². The molecule has 0 saturated carbocycles. The Bertz CT molecular complexity index is 1150. The Kier molecular flexibility index (Phi) is 5.64. The molecule has 2 heterocycles. The smallest absolute Gasteiger partial charge is 0.261 e. The summed E-state index contributed by atoms with van der Waals surface area (Å²) < 4.78 is 12.7. The monoisotopic (exact) mass is 431 g/mol. The zero-order chi connectivity index (χ0) is 20.4. The van der Waals surface area contributed by atoms with E-state index in [9.17, 15) is 9.59 Å². The van der Waals surface area contributed by atoms with Crippen LogP contribution in [0.4, 0.5) is 5.69 Å². The lowest BCUT2D eigenvalue weighted by molar-refractivity contribution is -0.113. The van der Waals surface area contributed by atoms with Crippen molar-refractivity contribution in [1.82, 2.24) is 9.55 Å². The quantitative estimate of drug-likeness (QED) is 0.503. The molecule has 0 aliphatic carbocycles. The highest BCUT2D eigenvalue weighted by atomic mass is 35.5. The summed E-state index contributed by atoms with van der Waals surface area (Å²) in [5.74, 6) is 0.918. The number of carbonyl (C=O) groups excluding carboxylic acids is 1. The summed E-state index contributed by atoms with van der Waals surface area (Å²) in [6.07, 6.45) is 0.780. The zero-order valence-electron chi connectivity index (χ0n) is 15.6. The number of carbonyl (C=O) groups is 1. The van der Waals surface area contributed by atoms with Crippen LogP contribution < -0.4 is 20.3 Å². The van der Waals surface area contributed by atoms with Crippen LogP contribution in [0.2, 0.25) is 5.02 Å². The Morgan fingerprint density at radius 1 is 1.24 bits per heavy atom. The van der Waals surface area contributed by atoms with Crippen molar-refractivity contribution in [3.8, 4) is 11.5 Å². The summed E-state index contributed by atoms with van der Waals surface area (Å²) in [6.45, 7) is 1.10. The number of hydrogen-bond acceptors (Lipinski definition) is 6. The third-order valence-corrected chi connectivity index (χ3v) is 5.73. The van der Waals surface area contributed by atoms with Crippen LogP contribution in [0.3, 0.4) is 0 Å². The second-order valence-corrected chi connectivity index (χ2v) is 7.79. The lowest BCUT2D eigenvalue weighted by Gasteiger charge is -2.13. The Labute approximate surface area is 176 Å². The predicted octanol–water partition coefficient (Wildman–Crippen LogP) is 3.48. The largest absolute Gasteiger partial charge is 0.490 e. The zero-order valence-corrected chi connectivity index (χ0v) is 17.2. The van der Waals surface area contributed by atoms with Crippen molar-refractivity contribution in [2.24, 2.45) is 7.05 Å². The van der Waals surface area contributed by atoms with Crippen molar-refractivity contribution < 1.29 is 14.3 Å². The minimum absolute atomic E-state index is 0.0728. The number of hydrogen-bond donors (Lipinski definition) is 1. The number of amides is 1. The fourth-order valence-corrected chi connectivity index (χ4v) is 3.90. The van der Waals surface area contributed by atoms with E-state index in [-0.39, 0.29) is 17.2 Å². The molecule has 1 aliphatic heterocycles. The average Bonchev–Trinajstić information content (AvgIpc) is 2.95. The summed E-state index contributed by atoms with van der Waals surface area (Å²) in [4.78, 5) is 29.4. The minimum Gasteiger partial charge on any atom is -0.490 e. The number of rotatable bonds is 4. The molecule has 150 valence electrons. The van der Waals surface area contributed by atoms with Crippen LogP contribution in [-0.2, 0) is 11.8 Å². The van der Waals surface area contributed by atoms with Crippen molar-refractivity contribution >= 4 is 45.9 Å². The fourth-order valence-electron chi connectivity index (χ4n) is 2.92. The van der Waals surface area contributed by atoms with E-state index < -0.39 is 0 Å². The van der Waals surface area contributed by atoms with Crippen molar-refractivity contribution in [3.05, 3.63) is 51.8 Å². The van der Waals surface area contributed by atoms with Gasteiger partial charge in [0, 0.05) is 25.6 Å². The fraction of sp³-hybridized carbons (Fsp3) is 0.250. The first kappa shape index (κ1) is 19.6. The predicted molar refractivity (Wildman–Crippen MR) is 113 cm³/mol. The van der Waals surface area contributed by atoms with Crippen molar-refractivity contribution in [3.63, 3.8) is 0 Å². The molecule has 3 aromatic rings. The highest BCUT2D eigenvalue weighted by Crippen LogP contribution is 2.37. The molecule has 7 nitrogen and oxygen atoms in total. The lowest BCUT2D eigenvalue weighted by atomic mass is 10.2. The molecule has 0 spiro atoms. The molecule has 0 radical (unpaired) electrons. The number of halogens is 1. The molecule has 1 amide bonds. The van der Waals surface area contributed by atoms with Crippen molar-refractivity contribution in [1.29, 1.82) is 0 Å².